The number of ether oxygens (including phenoxy) is 2. The molecule has 1 amide bonds. The lowest BCUT2D eigenvalue weighted by molar-refractivity contribution is 0.0687. The van der Waals surface area contributed by atoms with E-state index in [9.17, 15) is 13.2 Å². The fourth-order valence-corrected chi connectivity index (χ4v) is 6.72. The average Bonchev–Trinajstić information content (AvgIpc) is 2.87. The van der Waals surface area contributed by atoms with Gasteiger partial charge < -0.3 is 25.4 Å². The normalized spacial score (nSPS) is 22.2. The Morgan fingerprint density at radius 3 is 2.40 bits per heavy atom. The summed E-state index contributed by atoms with van der Waals surface area (Å²) in [6.07, 6.45) is 3.42. The molecule has 0 radical (unpaired) electrons. The van der Waals surface area contributed by atoms with Gasteiger partial charge >= 0.3 is 0 Å². The van der Waals surface area contributed by atoms with Gasteiger partial charge in [-0.2, -0.15) is 22.0 Å². The lowest BCUT2D eigenvalue weighted by Gasteiger charge is -2.39. The second-order valence-electron chi connectivity index (χ2n) is 9.32. The SMILES string of the molecule is COc1nc(N)c(Cl)cc1C(=O)NC1CCN(CC2CCN(S(=O)(=O)N3CCOCC3)CC2)CC1. The number of carbonyl (C=O) groups is 1. The van der Waals surface area contributed by atoms with Gasteiger partial charge in [-0.25, -0.2) is 0 Å². The third-order valence-corrected chi connectivity index (χ3v) is 9.38. The molecule has 4 heterocycles. The lowest BCUT2D eigenvalue weighted by atomic mass is 9.95. The van der Waals surface area contributed by atoms with Crippen LogP contribution in [0.4, 0.5) is 5.82 Å². The number of likely N-dealkylation sites (tertiary alicyclic amines) is 1. The number of aromatic nitrogens is 1. The Morgan fingerprint density at radius 1 is 1.14 bits per heavy atom. The van der Waals surface area contributed by atoms with E-state index in [0.29, 0.717) is 45.3 Å². The molecule has 0 aliphatic carbocycles. The number of morpholine rings is 1. The summed E-state index contributed by atoms with van der Waals surface area (Å²) in [7, 11) is -1.95. The third-order valence-electron chi connectivity index (χ3n) is 7.04. The Hall–Kier alpha value is -1.70. The van der Waals surface area contributed by atoms with Gasteiger partial charge in [-0.3, -0.25) is 4.79 Å². The molecule has 3 aliphatic rings. The zero-order chi connectivity index (χ0) is 25.0. The van der Waals surface area contributed by atoms with Gasteiger partial charge in [0.05, 0.1) is 25.3 Å². The van der Waals surface area contributed by atoms with Gasteiger partial charge in [-0.15, -0.1) is 0 Å². The van der Waals surface area contributed by atoms with Crippen LogP contribution in [0, 0.1) is 5.92 Å². The summed E-state index contributed by atoms with van der Waals surface area (Å²) >= 11 is 6.04. The summed E-state index contributed by atoms with van der Waals surface area (Å²) in [6.45, 7) is 5.65. The number of carbonyl (C=O) groups excluding carboxylic acids is 1. The number of nitrogens with two attached hydrogens (primary N) is 1. The first-order chi connectivity index (χ1) is 16.8. The van der Waals surface area contributed by atoms with Crippen LogP contribution in [0.1, 0.15) is 36.0 Å². The molecule has 11 nitrogen and oxygen atoms in total. The van der Waals surface area contributed by atoms with Crippen LogP contribution in [0.5, 0.6) is 5.88 Å². The lowest BCUT2D eigenvalue weighted by Crippen LogP contribution is -2.51. The average molecular weight is 531 g/mol. The highest BCUT2D eigenvalue weighted by molar-refractivity contribution is 7.86. The molecule has 13 heteroatoms. The predicted octanol–water partition coefficient (Wildman–Crippen LogP) is 0.809. The summed E-state index contributed by atoms with van der Waals surface area (Å²) in [6, 6.07) is 1.54. The minimum atomic E-state index is -3.39. The highest BCUT2D eigenvalue weighted by atomic mass is 35.5. The van der Waals surface area contributed by atoms with Gasteiger partial charge in [0.15, 0.2) is 0 Å². The number of nitrogens with zero attached hydrogens (tertiary/aromatic N) is 4. The van der Waals surface area contributed by atoms with E-state index in [0.717, 1.165) is 45.3 Å². The molecule has 3 N–H and O–H groups in total. The number of anilines is 1. The van der Waals surface area contributed by atoms with Crippen molar-refractivity contribution in [3.05, 3.63) is 16.7 Å². The van der Waals surface area contributed by atoms with Gasteiger partial charge in [0.25, 0.3) is 16.1 Å². The maximum absolute atomic E-state index is 12.9. The predicted molar refractivity (Wildman–Crippen MR) is 133 cm³/mol. The van der Waals surface area contributed by atoms with Crippen molar-refractivity contribution in [2.24, 2.45) is 5.92 Å². The van der Waals surface area contributed by atoms with Crippen molar-refractivity contribution >= 4 is 33.5 Å². The molecule has 0 atom stereocenters. The Labute approximate surface area is 212 Å². The Kier molecular flexibility index (Phi) is 8.71. The molecule has 0 bridgehead atoms. The van der Waals surface area contributed by atoms with E-state index < -0.39 is 10.2 Å². The number of amides is 1. The molecule has 1 aromatic heterocycles. The van der Waals surface area contributed by atoms with Crippen molar-refractivity contribution < 1.29 is 22.7 Å². The summed E-state index contributed by atoms with van der Waals surface area (Å²) in [4.78, 5) is 19.2. The van der Waals surface area contributed by atoms with Gasteiger partial charge in [-0.1, -0.05) is 11.6 Å². The van der Waals surface area contributed by atoms with E-state index in [2.05, 4.69) is 15.2 Å². The van der Waals surface area contributed by atoms with Crippen LogP contribution in [0.2, 0.25) is 5.02 Å². The summed E-state index contributed by atoms with van der Waals surface area (Å²) in [5.41, 5.74) is 5.98. The highest BCUT2D eigenvalue weighted by Gasteiger charge is 2.34. The molecule has 3 fully saturated rings. The molecular formula is C22H35ClN6O5S. The van der Waals surface area contributed by atoms with Crippen molar-refractivity contribution in [2.75, 3.05) is 71.9 Å². The molecule has 3 aliphatic heterocycles. The van der Waals surface area contributed by atoms with Crippen molar-refractivity contribution in [2.45, 2.75) is 31.7 Å². The van der Waals surface area contributed by atoms with Crippen LogP contribution >= 0.6 is 11.6 Å². The fraction of sp³-hybridized carbons (Fsp3) is 0.727. The van der Waals surface area contributed by atoms with E-state index in [1.54, 1.807) is 8.61 Å². The molecule has 3 saturated heterocycles. The van der Waals surface area contributed by atoms with E-state index >= 15 is 0 Å². The fourth-order valence-electron chi connectivity index (χ4n) is 4.96. The molecule has 0 saturated carbocycles. The second kappa shape index (κ2) is 11.6. The van der Waals surface area contributed by atoms with E-state index in [-0.39, 0.29) is 34.2 Å². The topological polar surface area (TPSA) is 130 Å². The number of hydrogen-bond donors (Lipinski definition) is 2. The van der Waals surface area contributed by atoms with Crippen molar-refractivity contribution in [3.63, 3.8) is 0 Å². The standard InChI is InChI=1S/C22H35ClN6O5S/c1-33-22-18(14-19(23)20(24)26-22)21(30)25-17-4-6-27(7-5-17)15-16-2-8-28(9-3-16)35(31,32)29-10-12-34-13-11-29/h14,16-17H,2-13,15H2,1H3,(H2,24,26)(H,25,30). The van der Waals surface area contributed by atoms with Crippen LogP contribution in [0.25, 0.3) is 0 Å². The van der Waals surface area contributed by atoms with Gasteiger partial charge in [0.2, 0.25) is 5.88 Å². The Morgan fingerprint density at radius 2 is 1.77 bits per heavy atom. The Bertz CT molecular complexity index is 990. The largest absolute Gasteiger partial charge is 0.480 e. The minimum absolute atomic E-state index is 0.0558. The summed E-state index contributed by atoms with van der Waals surface area (Å²) in [5, 5.41) is 3.28. The van der Waals surface area contributed by atoms with Crippen LogP contribution in [0.3, 0.4) is 0 Å². The molecule has 196 valence electrons. The second-order valence-corrected chi connectivity index (χ2v) is 11.7. The van der Waals surface area contributed by atoms with Crippen molar-refractivity contribution in [3.8, 4) is 5.88 Å². The molecule has 4 rings (SSSR count). The number of piperidine rings is 2. The molecule has 0 spiro atoms. The van der Waals surface area contributed by atoms with Crippen LogP contribution < -0.4 is 15.8 Å². The Balaban J connectivity index is 1.21. The smallest absolute Gasteiger partial charge is 0.282 e. The van der Waals surface area contributed by atoms with Crippen LogP contribution in [-0.2, 0) is 14.9 Å². The first kappa shape index (κ1) is 26.4. The van der Waals surface area contributed by atoms with Gasteiger partial charge in [0.1, 0.15) is 11.4 Å². The first-order valence-electron chi connectivity index (χ1n) is 12.1. The molecule has 35 heavy (non-hydrogen) atoms. The first-order valence-corrected chi connectivity index (χ1v) is 13.9. The number of halogens is 1. The van der Waals surface area contributed by atoms with E-state index in [1.807, 2.05) is 0 Å². The maximum Gasteiger partial charge on any atom is 0.282 e. The van der Waals surface area contributed by atoms with Gasteiger partial charge in [0, 0.05) is 51.9 Å². The maximum atomic E-state index is 12.9. The molecule has 1 aromatic rings. The van der Waals surface area contributed by atoms with Crippen molar-refractivity contribution in [1.29, 1.82) is 0 Å². The molecule has 0 aromatic carbocycles. The monoisotopic (exact) mass is 530 g/mol. The number of hydrogen-bond acceptors (Lipinski definition) is 8. The van der Waals surface area contributed by atoms with Crippen LogP contribution in [-0.4, -0.2) is 105 Å². The molecule has 0 unspecified atom stereocenters. The molecular weight excluding hydrogens is 496 g/mol. The highest BCUT2D eigenvalue weighted by Crippen LogP contribution is 2.26. The van der Waals surface area contributed by atoms with E-state index in [4.69, 9.17) is 26.8 Å². The van der Waals surface area contributed by atoms with E-state index in [1.165, 1.54) is 13.2 Å². The summed E-state index contributed by atoms with van der Waals surface area (Å²) in [5.74, 6) is 0.481. The quantitative estimate of drug-likeness (QED) is 0.529. The third kappa shape index (κ3) is 6.36. The summed E-state index contributed by atoms with van der Waals surface area (Å²) < 4.78 is 39.4. The number of methoxy groups -OCH3 is 1. The number of rotatable bonds is 7. The minimum Gasteiger partial charge on any atom is -0.480 e. The van der Waals surface area contributed by atoms with Gasteiger partial charge in [-0.05, 0) is 37.7 Å². The van der Waals surface area contributed by atoms with Crippen molar-refractivity contribution in [1.82, 2.24) is 23.8 Å². The number of nitrogen functional groups attached to an aromatic ring is 1. The number of pyridine rings is 1. The zero-order valence-electron chi connectivity index (χ0n) is 20.1. The van der Waals surface area contributed by atoms with Crippen LogP contribution in [0.15, 0.2) is 6.07 Å². The number of nitrogens with one attached hydrogen (secondary N) is 1. The zero-order valence-corrected chi connectivity index (χ0v) is 21.7.